The van der Waals surface area contributed by atoms with Gasteiger partial charge in [0, 0.05) is 5.56 Å². The van der Waals surface area contributed by atoms with Crippen molar-refractivity contribution in [3.8, 4) is 10.6 Å². The summed E-state index contributed by atoms with van der Waals surface area (Å²) in [7, 11) is 0. The highest BCUT2D eigenvalue weighted by Crippen LogP contribution is 2.34. The molecule has 0 aliphatic carbocycles. The first kappa shape index (κ1) is 10.4. The van der Waals surface area contributed by atoms with Gasteiger partial charge in [-0.3, -0.25) is 0 Å². The van der Waals surface area contributed by atoms with Gasteiger partial charge in [0.05, 0.1) is 15.6 Å². The molecular formula is C10H10ClN3S. The van der Waals surface area contributed by atoms with Crippen LogP contribution in [0.15, 0.2) is 11.4 Å². The molecule has 78 valence electrons. The van der Waals surface area contributed by atoms with Crippen molar-refractivity contribution < 1.29 is 0 Å². The zero-order chi connectivity index (χ0) is 11.0. The summed E-state index contributed by atoms with van der Waals surface area (Å²) in [5.74, 6) is 1.18. The Morgan fingerprint density at radius 1 is 1.33 bits per heavy atom. The molecule has 2 aromatic rings. The second kappa shape index (κ2) is 3.79. The fourth-order valence-electron chi connectivity index (χ4n) is 1.33. The van der Waals surface area contributed by atoms with Crippen LogP contribution in [-0.4, -0.2) is 9.97 Å². The van der Waals surface area contributed by atoms with Crippen LogP contribution < -0.4 is 5.73 Å². The van der Waals surface area contributed by atoms with Gasteiger partial charge in [0.15, 0.2) is 0 Å². The molecule has 2 rings (SSSR count). The van der Waals surface area contributed by atoms with E-state index < -0.39 is 0 Å². The zero-order valence-corrected chi connectivity index (χ0v) is 9.99. The highest BCUT2D eigenvalue weighted by Gasteiger charge is 2.12. The van der Waals surface area contributed by atoms with E-state index in [2.05, 4.69) is 9.97 Å². The smallest absolute Gasteiger partial charge is 0.130 e. The number of nitrogens with zero attached hydrogens (tertiary/aromatic N) is 2. The van der Waals surface area contributed by atoms with Crippen LogP contribution in [-0.2, 0) is 0 Å². The molecule has 0 bridgehead atoms. The van der Waals surface area contributed by atoms with E-state index in [1.807, 2.05) is 25.3 Å². The minimum Gasteiger partial charge on any atom is -0.383 e. The van der Waals surface area contributed by atoms with Gasteiger partial charge in [0.25, 0.3) is 0 Å². The fourth-order valence-corrected chi connectivity index (χ4v) is 2.53. The largest absolute Gasteiger partial charge is 0.383 e. The molecule has 0 saturated heterocycles. The number of thiophene rings is 1. The van der Waals surface area contributed by atoms with Crippen LogP contribution in [0.2, 0.25) is 5.02 Å². The van der Waals surface area contributed by atoms with Gasteiger partial charge < -0.3 is 5.73 Å². The van der Waals surface area contributed by atoms with Gasteiger partial charge in [0.1, 0.15) is 11.6 Å². The zero-order valence-electron chi connectivity index (χ0n) is 8.41. The number of hydrogen-bond acceptors (Lipinski definition) is 4. The van der Waals surface area contributed by atoms with E-state index >= 15 is 0 Å². The second-order valence-electron chi connectivity index (χ2n) is 3.23. The molecule has 15 heavy (non-hydrogen) atoms. The Hall–Kier alpha value is -1.13. The Balaban J connectivity index is 2.68. The minimum atomic E-state index is 0.516. The van der Waals surface area contributed by atoms with Gasteiger partial charge in [-0.15, -0.1) is 11.3 Å². The number of nitrogens with two attached hydrogens (primary N) is 1. The maximum atomic E-state index is 6.06. The Bertz CT molecular complexity index is 507. The average molecular weight is 240 g/mol. The van der Waals surface area contributed by atoms with Crippen molar-refractivity contribution in [1.82, 2.24) is 9.97 Å². The van der Waals surface area contributed by atoms with Crippen LogP contribution in [0, 0.1) is 13.8 Å². The van der Waals surface area contributed by atoms with Crippen molar-refractivity contribution in [3.63, 3.8) is 0 Å². The van der Waals surface area contributed by atoms with Crippen molar-refractivity contribution in [3.05, 3.63) is 27.9 Å². The lowest BCUT2D eigenvalue weighted by molar-refractivity contribution is 1.05. The highest BCUT2D eigenvalue weighted by molar-refractivity contribution is 7.14. The number of halogens is 1. The molecule has 5 heteroatoms. The molecule has 0 aliphatic rings. The Kier molecular flexibility index (Phi) is 2.63. The number of anilines is 1. The number of aryl methyl sites for hydroxylation is 1. The van der Waals surface area contributed by atoms with E-state index in [1.54, 1.807) is 11.3 Å². The Labute approximate surface area is 96.9 Å². The molecule has 0 fully saturated rings. The molecule has 0 aliphatic heterocycles. The van der Waals surface area contributed by atoms with Crippen LogP contribution in [0.4, 0.5) is 5.82 Å². The van der Waals surface area contributed by atoms with Crippen LogP contribution in [0.1, 0.15) is 11.4 Å². The molecule has 0 saturated carbocycles. The van der Waals surface area contributed by atoms with Crippen molar-refractivity contribution in [1.29, 1.82) is 0 Å². The maximum absolute atomic E-state index is 6.06. The predicted molar refractivity (Wildman–Crippen MR) is 64.2 cm³/mol. The first-order valence-corrected chi connectivity index (χ1v) is 5.69. The van der Waals surface area contributed by atoms with Gasteiger partial charge in [-0.05, 0) is 25.3 Å². The maximum Gasteiger partial charge on any atom is 0.130 e. The van der Waals surface area contributed by atoms with E-state index in [0.29, 0.717) is 16.7 Å². The predicted octanol–water partition coefficient (Wildman–Crippen LogP) is 3.06. The summed E-state index contributed by atoms with van der Waals surface area (Å²) >= 11 is 7.62. The lowest BCUT2D eigenvalue weighted by atomic mass is 10.2. The molecule has 0 amide bonds. The van der Waals surface area contributed by atoms with Gasteiger partial charge in [0.2, 0.25) is 0 Å². The fraction of sp³-hybridized carbons (Fsp3) is 0.200. The summed E-state index contributed by atoms with van der Waals surface area (Å²) in [5.41, 5.74) is 7.50. The van der Waals surface area contributed by atoms with E-state index in [1.165, 1.54) is 0 Å². The first-order valence-electron chi connectivity index (χ1n) is 4.43. The van der Waals surface area contributed by atoms with E-state index in [4.69, 9.17) is 17.3 Å². The van der Waals surface area contributed by atoms with Gasteiger partial charge >= 0.3 is 0 Å². The lowest BCUT2D eigenvalue weighted by Crippen LogP contribution is -2.01. The molecule has 2 heterocycles. The number of rotatable bonds is 1. The second-order valence-corrected chi connectivity index (χ2v) is 4.55. The Morgan fingerprint density at radius 3 is 2.67 bits per heavy atom. The third-order valence-corrected chi connectivity index (χ3v) is 3.48. The van der Waals surface area contributed by atoms with Crippen molar-refractivity contribution >= 4 is 28.8 Å². The Morgan fingerprint density at radius 2 is 2.07 bits per heavy atom. The molecule has 0 aromatic carbocycles. The minimum absolute atomic E-state index is 0.516. The lowest BCUT2D eigenvalue weighted by Gasteiger charge is -2.06. The summed E-state index contributed by atoms with van der Waals surface area (Å²) in [6.45, 7) is 3.72. The molecule has 0 atom stereocenters. The third-order valence-electron chi connectivity index (χ3n) is 2.13. The average Bonchev–Trinajstić information content (AvgIpc) is 2.58. The summed E-state index contributed by atoms with van der Waals surface area (Å²) < 4.78 is 0. The molecule has 2 aromatic heterocycles. The third kappa shape index (κ3) is 1.82. The standard InChI is InChI=1S/C10H10ClN3S/c1-5-8(9-7(11)3-4-15-9)13-6(2)14-10(5)12/h3-4H,1-2H3,(H2,12,13,14). The van der Waals surface area contributed by atoms with Gasteiger partial charge in [-0.2, -0.15) is 0 Å². The van der Waals surface area contributed by atoms with Gasteiger partial charge in [-0.1, -0.05) is 11.6 Å². The quantitative estimate of drug-likeness (QED) is 0.832. The first-order chi connectivity index (χ1) is 7.09. The van der Waals surface area contributed by atoms with Crippen LogP contribution >= 0.6 is 22.9 Å². The summed E-state index contributed by atoms with van der Waals surface area (Å²) in [6.07, 6.45) is 0. The summed E-state index contributed by atoms with van der Waals surface area (Å²) in [5, 5.41) is 2.64. The van der Waals surface area contributed by atoms with Crippen LogP contribution in [0.5, 0.6) is 0 Å². The SMILES string of the molecule is Cc1nc(N)c(C)c(-c2sccc2Cl)n1. The van der Waals surface area contributed by atoms with Crippen molar-refractivity contribution in [2.45, 2.75) is 13.8 Å². The van der Waals surface area contributed by atoms with Crippen LogP contribution in [0.25, 0.3) is 10.6 Å². The number of hydrogen-bond donors (Lipinski definition) is 1. The monoisotopic (exact) mass is 239 g/mol. The molecule has 0 spiro atoms. The van der Waals surface area contributed by atoms with Crippen molar-refractivity contribution in [2.75, 3.05) is 5.73 Å². The molecular weight excluding hydrogens is 230 g/mol. The van der Waals surface area contributed by atoms with E-state index in [9.17, 15) is 0 Å². The molecule has 2 N–H and O–H groups in total. The van der Waals surface area contributed by atoms with Gasteiger partial charge in [-0.25, -0.2) is 9.97 Å². The van der Waals surface area contributed by atoms with E-state index in [0.717, 1.165) is 16.1 Å². The topological polar surface area (TPSA) is 51.8 Å². The highest BCUT2D eigenvalue weighted by atomic mass is 35.5. The molecule has 0 unspecified atom stereocenters. The number of aromatic nitrogens is 2. The summed E-state index contributed by atoms with van der Waals surface area (Å²) in [4.78, 5) is 9.42. The number of nitrogen functional groups attached to an aromatic ring is 1. The molecule has 3 nitrogen and oxygen atoms in total. The molecule has 0 radical (unpaired) electrons. The van der Waals surface area contributed by atoms with Crippen molar-refractivity contribution in [2.24, 2.45) is 0 Å². The van der Waals surface area contributed by atoms with E-state index in [-0.39, 0.29) is 0 Å². The normalized spacial score (nSPS) is 10.6. The summed E-state index contributed by atoms with van der Waals surface area (Å²) in [6, 6.07) is 1.86. The van der Waals surface area contributed by atoms with Crippen LogP contribution in [0.3, 0.4) is 0 Å².